The highest BCUT2D eigenvalue weighted by Gasteiger charge is 2.24. The van der Waals surface area contributed by atoms with Crippen molar-refractivity contribution in [1.82, 2.24) is 5.32 Å². The fraction of sp³-hybridized carbons (Fsp3) is 0.538. The van der Waals surface area contributed by atoms with Crippen LogP contribution < -0.4 is 5.32 Å². The number of aliphatic hydroxyl groups excluding tert-OH is 1. The van der Waals surface area contributed by atoms with Crippen LogP contribution in [0, 0.1) is 0 Å². The van der Waals surface area contributed by atoms with Crippen LogP contribution in [0.5, 0.6) is 0 Å². The molecule has 0 amide bonds. The third kappa shape index (κ3) is 2.58. The maximum absolute atomic E-state index is 11.9. The maximum atomic E-state index is 11.9. The Morgan fingerprint density at radius 3 is 2.89 bits per heavy atom. The van der Waals surface area contributed by atoms with Crippen molar-refractivity contribution in [3.05, 3.63) is 29.3 Å². The van der Waals surface area contributed by atoms with Gasteiger partial charge in [0.2, 0.25) is 0 Å². The van der Waals surface area contributed by atoms with Crippen molar-refractivity contribution in [1.29, 1.82) is 0 Å². The van der Waals surface area contributed by atoms with Gasteiger partial charge >= 0.3 is 0 Å². The number of hydrogen-bond acceptors (Lipinski definition) is 4. The molecule has 1 atom stereocenters. The van der Waals surface area contributed by atoms with Crippen LogP contribution in [0.2, 0.25) is 0 Å². The van der Waals surface area contributed by atoms with Crippen LogP contribution in [-0.4, -0.2) is 39.5 Å². The summed E-state index contributed by atoms with van der Waals surface area (Å²) >= 11 is 0. The minimum Gasteiger partial charge on any atom is -0.396 e. The average molecular weight is 269 g/mol. The van der Waals surface area contributed by atoms with E-state index in [9.17, 15) is 13.5 Å². The average Bonchev–Trinajstić information content (AvgIpc) is 2.35. The zero-order valence-electron chi connectivity index (χ0n) is 10.5. The minimum atomic E-state index is -3.08. The monoisotopic (exact) mass is 269 g/mol. The fourth-order valence-corrected chi connectivity index (χ4v) is 4.03. The van der Waals surface area contributed by atoms with Crippen LogP contribution in [0.4, 0.5) is 0 Å². The lowest BCUT2D eigenvalue weighted by Gasteiger charge is -2.20. The molecule has 100 valence electrons. The van der Waals surface area contributed by atoms with Gasteiger partial charge < -0.3 is 10.4 Å². The van der Waals surface area contributed by atoms with Crippen LogP contribution >= 0.6 is 0 Å². The second-order valence-corrected chi connectivity index (χ2v) is 6.80. The van der Waals surface area contributed by atoms with Crippen LogP contribution in [0.3, 0.4) is 0 Å². The summed E-state index contributed by atoms with van der Waals surface area (Å²) in [6.07, 6.45) is 1.49. The van der Waals surface area contributed by atoms with E-state index in [-0.39, 0.29) is 18.3 Å². The number of fused-ring (bicyclic) bond motifs is 1. The Morgan fingerprint density at radius 1 is 1.44 bits per heavy atom. The topological polar surface area (TPSA) is 66.4 Å². The summed E-state index contributed by atoms with van der Waals surface area (Å²) in [4.78, 5) is 0.471. The molecule has 18 heavy (non-hydrogen) atoms. The molecule has 0 saturated carbocycles. The molecule has 0 saturated heterocycles. The first kappa shape index (κ1) is 13.5. The zero-order chi connectivity index (χ0) is 13.2. The highest BCUT2D eigenvalue weighted by molar-refractivity contribution is 7.91. The smallest absolute Gasteiger partial charge is 0.178 e. The summed E-state index contributed by atoms with van der Waals surface area (Å²) in [6.45, 7) is 0.744. The SMILES string of the molecule is CNCC(CO)c1ccc2c(c1)CCCS2(=O)=O. The molecule has 0 aromatic heterocycles. The summed E-state index contributed by atoms with van der Waals surface area (Å²) < 4.78 is 23.8. The molecule has 1 heterocycles. The molecular weight excluding hydrogens is 250 g/mol. The first-order valence-electron chi connectivity index (χ1n) is 6.19. The van der Waals surface area contributed by atoms with Crippen LogP contribution in [0.25, 0.3) is 0 Å². The summed E-state index contributed by atoms with van der Waals surface area (Å²) in [5.41, 5.74) is 1.90. The van der Waals surface area contributed by atoms with E-state index in [1.165, 1.54) is 0 Å². The Hall–Kier alpha value is -0.910. The molecule has 0 aliphatic carbocycles. The van der Waals surface area contributed by atoms with Gasteiger partial charge in [-0.3, -0.25) is 0 Å². The van der Waals surface area contributed by atoms with Gasteiger partial charge in [0.1, 0.15) is 0 Å². The van der Waals surface area contributed by atoms with E-state index < -0.39 is 9.84 Å². The molecule has 1 aromatic carbocycles. The first-order chi connectivity index (χ1) is 8.58. The van der Waals surface area contributed by atoms with Gasteiger partial charge in [-0.05, 0) is 37.1 Å². The Labute approximate surface area is 108 Å². The van der Waals surface area contributed by atoms with Crippen LogP contribution in [-0.2, 0) is 16.3 Å². The number of hydrogen-bond donors (Lipinski definition) is 2. The van der Waals surface area contributed by atoms with E-state index in [1.54, 1.807) is 6.07 Å². The third-order valence-electron chi connectivity index (χ3n) is 3.42. The van der Waals surface area contributed by atoms with Gasteiger partial charge in [-0.1, -0.05) is 12.1 Å². The van der Waals surface area contributed by atoms with Gasteiger partial charge in [0.25, 0.3) is 0 Å². The molecule has 2 rings (SSSR count). The molecule has 0 fully saturated rings. The van der Waals surface area contributed by atoms with Gasteiger partial charge in [-0.25, -0.2) is 8.42 Å². The van der Waals surface area contributed by atoms with Crippen molar-refractivity contribution >= 4 is 9.84 Å². The van der Waals surface area contributed by atoms with Gasteiger partial charge in [0.05, 0.1) is 17.3 Å². The van der Waals surface area contributed by atoms with E-state index in [0.29, 0.717) is 17.9 Å². The van der Waals surface area contributed by atoms with E-state index in [4.69, 9.17) is 0 Å². The number of rotatable bonds is 4. The molecule has 5 heteroatoms. The Bertz CT molecular complexity index is 525. The van der Waals surface area contributed by atoms with Crippen molar-refractivity contribution < 1.29 is 13.5 Å². The molecular formula is C13H19NO3S. The number of benzene rings is 1. The van der Waals surface area contributed by atoms with Gasteiger partial charge in [-0.2, -0.15) is 0 Å². The number of nitrogens with one attached hydrogen (secondary N) is 1. The number of aryl methyl sites for hydroxylation is 1. The van der Waals surface area contributed by atoms with Gasteiger partial charge in [-0.15, -0.1) is 0 Å². The summed E-state index contributed by atoms with van der Waals surface area (Å²) in [6, 6.07) is 5.45. The Kier molecular flexibility index (Phi) is 4.04. The van der Waals surface area contributed by atoms with Crippen LogP contribution in [0.1, 0.15) is 23.5 Å². The largest absolute Gasteiger partial charge is 0.396 e. The summed E-state index contributed by atoms with van der Waals surface area (Å²) in [7, 11) is -1.24. The number of likely N-dealkylation sites (N-methyl/N-ethyl adjacent to an activating group) is 1. The second-order valence-electron chi connectivity index (χ2n) is 4.73. The highest BCUT2D eigenvalue weighted by atomic mass is 32.2. The summed E-state index contributed by atoms with van der Waals surface area (Å²) in [5.74, 6) is 0.268. The van der Waals surface area contributed by atoms with Crippen molar-refractivity contribution in [3.8, 4) is 0 Å². The van der Waals surface area contributed by atoms with E-state index in [1.807, 2.05) is 19.2 Å². The first-order valence-corrected chi connectivity index (χ1v) is 7.84. The molecule has 1 aliphatic heterocycles. The molecule has 4 nitrogen and oxygen atoms in total. The normalized spacial score (nSPS) is 19.2. The minimum absolute atomic E-state index is 0.0185. The van der Waals surface area contributed by atoms with Crippen molar-refractivity contribution in [2.24, 2.45) is 0 Å². The molecule has 0 spiro atoms. The molecule has 1 aliphatic rings. The zero-order valence-corrected chi connectivity index (χ0v) is 11.3. The molecule has 2 N–H and O–H groups in total. The van der Waals surface area contributed by atoms with E-state index >= 15 is 0 Å². The Balaban J connectivity index is 2.38. The van der Waals surface area contributed by atoms with Gasteiger partial charge in [0.15, 0.2) is 9.84 Å². The Morgan fingerprint density at radius 2 is 2.22 bits per heavy atom. The number of aliphatic hydroxyl groups is 1. The van der Waals surface area contributed by atoms with Gasteiger partial charge in [0, 0.05) is 12.5 Å². The summed E-state index contributed by atoms with van der Waals surface area (Å²) in [5, 5.41) is 12.4. The van der Waals surface area contributed by atoms with Crippen molar-refractivity contribution in [2.45, 2.75) is 23.7 Å². The lowest BCUT2D eigenvalue weighted by Crippen LogP contribution is -2.21. The second kappa shape index (κ2) is 5.38. The number of sulfone groups is 1. The highest BCUT2D eigenvalue weighted by Crippen LogP contribution is 2.28. The van der Waals surface area contributed by atoms with Crippen LogP contribution in [0.15, 0.2) is 23.1 Å². The predicted octanol–water partition coefficient (Wildman–Crippen LogP) is 0.702. The predicted molar refractivity (Wildman–Crippen MR) is 70.6 cm³/mol. The lowest BCUT2D eigenvalue weighted by molar-refractivity contribution is 0.263. The standard InChI is InChI=1S/C13H19NO3S/c1-14-8-12(9-15)10-4-5-13-11(7-10)3-2-6-18(13,16)17/h4-5,7,12,14-15H,2-3,6,8-9H2,1H3. The van der Waals surface area contributed by atoms with Crippen molar-refractivity contribution in [3.63, 3.8) is 0 Å². The maximum Gasteiger partial charge on any atom is 0.178 e. The van der Waals surface area contributed by atoms with E-state index in [0.717, 1.165) is 17.5 Å². The fourth-order valence-electron chi connectivity index (χ4n) is 2.45. The van der Waals surface area contributed by atoms with E-state index in [2.05, 4.69) is 5.32 Å². The molecule has 1 aromatic rings. The molecule has 1 unspecified atom stereocenters. The lowest BCUT2D eigenvalue weighted by atomic mass is 9.96. The molecule has 0 bridgehead atoms. The third-order valence-corrected chi connectivity index (χ3v) is 5.32. The van der Waals surface area contributed by atoms with Crippen molar-refractivity contribution in [2.75, 3.05) is 26.0 Å². The quantitative estimate of drug-likeness (QED) is 0.844. The molecule has 0 radical (unpaired) electrons.